The molecule has 2 aliphatic rings. The summed E-state index contributed by atoms with van der Waals surface area (Å²) >= 11 is 1.59. The summed E-state index contributed by atoms with van der Waals surface area (Å²) in [7, 11) is 0. The van der Waals surface area contributed by atoms with E-state index < -0.39 is 23.5 Å². The van der Waals surface area contributed by atoms with Crippen molar-refractivity contribution in [2.45, 2.75) is 38.1 Å². The number of fused-ring (bicyclic) bond motifs is 3. The summed E-state index contributed by atoms with van der Waals surface area (Å²) < 4.78 is 5.65. The number of ether oxygens (including phenoxy) is 1. The number of carbonyl (C=O) groups is 3. The van der Waals surface area contributed by atoms with Crippen molar-refractivity contribution < 1.29 is 24.2 Å². The summed E-state index contributed by atoms with van der Waals surface area (Å²) in [6.45, 7) is 2.47. The Bertz CT molecular complexity index is 1060. The number of carboxylic acid groups (broad SMARTS) is 1. The van der Waals surface area contributed by atoms with E-state index in [0.29, 0.717) is 31.6 Å². The Morgan fingerprint density at radius 2 is 1.77 bits per heavy atom. The third kappa shape index (κ3) is 5.32. The highest BCUT2D eigenvalue weighted by atomic mass is 32.2. The van der Waals surface area contributed by atoms with Crippen molar-refractivity contribution >= 4 is 29.7 Å². The van der Waals surface area contributed by atoms with E-state index in [2.05, 4.69) is 29.6 Å². The summed E-state index contributed by atoms with van der Waals surface area (Å²) in [5.74, 6) is -0.531. The fraction of sp³-hybridized carbons (Fsp3) is 0.444. The number of thioether (sulfide) groups is 1. The third-order valence-electron chi connectivity index (χ3n) is 7.07. The Balaban J connectivity index is 1.42. The molecular formula is C27H32N2O5S. The molecule has 186 valence electrons. The van der Waals surface area contributed by atoms with Crippen molar-refractivity contribution in [2.24, 2.45) is 5.41 Å². The molecule has 7 nitrogen and oxygen atoms in total. The van der Waals surface area contributed by atoms with Crippen molar-refractivity contribution in [3.05, 3.63) is 59.7 Å². The molecule has 2 aromatic carbocycles. The van der Waals surface area contributed by atoms with Crippen LogP contribution in [0.2, 0.25) is 0 Å². The zero-order valence-corrected chi connectivity index (χ0v) is 21.0. The molecule has 2 N–H and O–H groups in total. The van der Waals surface area contributed by atoms with Gasteiger partial charge in [0.15, 0.2) is 0 Å². The van der Waals surface area contributed by atoms with E-state index in [1.807, 2.05) is 30.5 Å². The number of piperidine rings is 1. The lowest BCUT2D eigenvalue weighted by Gasteiger charge is -2.39. The fourth-order valence-electron chi connectivity index (χ4n) is 5.10. The summed E-state index contributed by atoms with van der Waals surface area (Å²) in [6.07, 6.45) is 2.90. The first-order chi connectivity index (χ1) is 16.8. The maximum Gasteiger partial charge on any atom is 0.407 e. The lowest BCUT2D eigenvalue weighted by Crippen LogP contribution is -2.55. The van der Waals surface area contributed by atoms with Gasteiger partial charge < -0.3 is 20.1 Å². The molecule has 1 saturated heterocycles. The van der Waals surface area contributed by atoms with Crippen molar-refractivity contribution in [2.75, 3.05) is 31.7 Å². The Labute approximate surface area is 210 Å². The normalized spacial score (nSPS) is 20.0. The van der Waals surface area contributed by atoms with Gasteiger partial charge >= 0.3 is 12.1 Å². The highest BCUT2D eigenvalue weighted by Crippen LogP contribution is 2.44. The number of alkyl carbamates (subject to hydrolysis) is 1. The Morgan fingerprint density at radius 1 is 1.14 bits per heavy atom. The molecule has 1 aliphatic heterocycles. The van der Waals surface area contributed by atoms with E-state index in [1.54, 1.807) is 23.6 Å². The summed E-state index contributed by atoms with van der Waals surface area (Å²) in [4.78, 5) is 39.4. The van der Waals surface area contributed by atoms with Crippen LogP contribution in [0.4, 0.5) is 4.79 Å². The van der Waals surface area contributed by atoms with Gasteiger partial charge in [0.2, 0.25) is 5.91 Å². The second-order valence-electron chi connectivity index (χ2n) is 9.53. The number of carboxylic acids is 1. The highest BCUT2D eigenvalue weighted by Gasteiger charge is 2.41. The molecule has 0 aromatic heterocycles. The van der Waals surface area contributed by atoms with Gasteiger partial charge in [0.1, 0.15) is 12.6 Å². The second kappa shape index (κ2) is 10.7. The monoisotopic (exact) mass is 496 g/mol. The van der Waals surface area contributed by atoms with Crippen LogP contribution < -0.4 is 5.32 Å². The zero-order valence-electron chi connectivity index (χ0n) is 20.2. The van der Waals surface area contributed by atoms with E-state index in [1.165, 1.54) is 0 Å². The predicted molar refractivity (Wildman–Crippen MR) is 137 cm³/mol. The minimum Gasteiger partial charge on any atom is -0.481 e. The lowest BCUT2D eigenvalue weighted by atomic mass is 9.82. The number of nitrogens with zero attached hydrogens (tertiary/aromatic N) is 1. The van der Waals surface area contributed by atoms with E-state index in [9.17, 15) is 19.5 Å². The third-order valence-corrected chi connectivity index (χ3v) is 7.71. The Hall–Kier alpha value is -3.00. The molecular weight excluding hydrogens is 464 g/mol. The maximum absolute atomic E-state index is 13.3. The van der Waals surface area contributed by atoms with E-state index in [-0.39, 0.29) is 25.0 Å². The molecule has 8 heteroatoms. The number of benzene rings is 2. The molecule has 1 heterocycles. The van der Waals surface area contributed by atoms with Gasteiger partial charge in [-0.25, -0.2) is 4.79 Å². The number of likely N-dealkylation sites (tertiary alicyclic amines) is 1. The minimum absolute atomic E-state index is 0.0631. The van der Waals surface area contributed by atoms with Crippen LogP contribution in [0.1, 0.15) is 43.2 Å². The standard InChI is InChI=1S/C27H32N2O5S/c1-27(25(31)32)13-7-14-29(17-27)24(30)23(12-15-35-2)28-26(33)34-16-22-20-10-5-3-8-18(20)19-9-4-6-11-21(19)22/h3-6,8-11,22-23H,7,12-17H2,1-2H3,(H,28,33)(H,31,32)/t23-,27?/m0/s1. The summed E-state index contributed by atoms with van der Waals surface area (Å²) in [6, 6.07) is 15.5. The zero-order chi connectivity index (χ0) is 25.0. The van der Waals surface area contributed by atoms with Crippen LogP contribution in [0.3, 0.4) is 0 Å². The molecule has 1 unspecified atom stereocenters. The number of carbonyl (C=O) groups excluding carboxylic acids is 2. The number of hydrogen-bond donors (Lipinski definition) is 2. The van der Waals surface area contributed by atoms with Gasteiger partial charge in [0.05, 0.1) is 5.41 Å². The van der Waals surface area contributed by atoms with E-state index in [0.717, 1.165) is 22.3 Å². The van der Waals surface area contributed by atoms with Gasteiger partial charge in [-0.05, 0) is 60.4 Å². The highest BCUT2D eigenvalue weighted by molar-refractivity contribution is 7.98. The fourth-order valence-corrected chi connectivity index (χ4v) is 5.57. The van der Waals surface area contributed by atoms with Gasteiger partial charge in [-0.3, -0.25) is 9.59 Å². The molecule has 4 rings (SSSR count). The van der Waals surface area contributed by atoms with E-state index in [4.69, 9.17) is 4.74 Å². The Morgan fingerprint density at radius 3 is 2.37 bits per heavy atom. The molecule has 2 amide bonds. The molecule has 2 aromatic rings. The summed E-state index contributed by atoms with van der Waals surface area (Å²) in [5, 5.41) is 12.4. The average molecular weight is 497 g/mol. The first kappa shape index (κ1) is 25.1. The molecule has 2 atom stereocenters. The van der Waals surface area contributed by atoms with Gasteiger partial charge in [-0.2, -0.15) is 11.8 Å². The van der Waals surface area contributed by atoms with Crippen LogP contribution >= 0.6 is 11.8 Å². The molecule has 0 spiro atoms. The van der Waals surface area contributed by atoms with Crippen molar-refractivity contribution in [3.63, 3.8) is 0 Å². The van der Waals surface area contributed by atoms with Crippen LogP contribution in [-0.4, -0.2) is 65.7 Å². The molecule has 0 saturated carbocycles. The van der Waals surface area contributed by atoms with Crippen LogP contribution in [0.15, 0.2) is 48.5 Å². The molecule has 1 fully saturated rings. The quantitative estimate of drug-likeness (QED) is 0.564. The summed E-state index contributed by atoms with van der Waals surface area (Å²) in [5.41, 5.74) is 3.57. The molecule has 0 bridgehead atoms. The number of amides is 2. The van der Waals surface area contributed by atoms with Gasteiger partial charge in [-0.1, -0.05) is 48.5 Å². The lowest BCUT2D eigenvalue weighted by molar-refractivity contribution is -0.154. The molecule has 0 radical (unpaired) electrons. The Kier molecular flexibility index (Phi) is 7.69. The topological polar surface area (TPSA) is 95.9 Å². The predicted octanol–water partition coefficient (Wildman–Crippen LogP) is 4.36. The van der Waals surface area contributed by atoms with Crippen molar-refractivity contribution in [1.82, 2.24) is 10.2 Å². The van der Waals surface area contributed by atoms with Crippen LogP contribution in [-0.2, 0) is 14.3 Å². The van der Waals surface area contributed by atoms with E-state index >= 15 is 0 Å². The van der Waals surface area contributed by atoms with Gasteiger partial charge in [0, 0.05) is 19.0 Å². The van der Waals surface area contributed by atoms with Crippen molar-refractivity contribution in [3.8, 4) is 11.1 Å². The second-order valence-corrected chi connectivity index (χ2v) is 10.5. The molecule has 35 heavy (non-hydrogen) atoms. The molecule has 1 aliphatic carbocycles. The number of hydrogen-bond acceptors (Lipinski definition) is 5. The maximum atomic E-state index is 13.3. The van der Waals surface area contributed by atoms with Crippen molar-refractivity contribution in [1.29, 1.82) is 0 Å². The SMILES string of the molecule is CSCC[C@H](NC(=O)OCC1c2ccccc2-c2ccccc21)C(=O)N1CCCC(C)(C(=O)O)C1. The van der Waals surface area contributed by atoms with Crippen LogP contribution in [0, 0.1) is 5.41 Å². The van der Waals surface area contributed by atoms with Crippen LogP contribution in [0.25, 0.3) is 11.1 Å². The van der Waals surface area contributed by atoms with Crippen LogP contribution in [0.5, 0.6) is 0 Å². The number of rotatable bonds is 8. The van der Waals surface area contributed by atoms with Gasteiger partial charge in [0.25, 0.3) is 0 Å². The largest absolute Gasteiger partial charge is 0.481 e. The minimum atomic E-state index is -0.971. The first-order valence-electron chi connectivity index (χ1n) is 12.0. The number of nitrogens with one attached hydrogen (secondary N) is 1. The average Bonchev–Trinajstić information content (AvgIpc) is 3.18. The first-order valence-corrected chi connectivity index (χ1v) is 13.4. The number of aliphatic carboxylic acids is 1. The van der Waals surface area contributed by atoms with Gasteiger partial charge in [-0.15, -0.1) is 0 Å². The smallest absolute Gasteiger partial charge is 0.407 e.